The molecular formula is C21H30N6O. The molecule has 28 heavy (non-hydrogen) atoms. The van der Waals surface area contributed by atoms with Crippen LogP contribution in [0.2, 0.25) is 0 Å². The second-order valence-corrected chi connectivity index (χ2v) is 8.26. The Morgan fingerprint density at radius 2 is 1.86 bits per heavy atom. The summed E-state index contributed by atoms with van der Waals surface area (Å²) in [6.07, 6.45) is 7.31. The van der Waals surface area contributed by atoms with Gasteiger partial charge in [0.1, 0.15) is 6.54 Å². The summed E-state index contributed by atoms with van der Waals surface area (Å²) in [6, 6.07) is 8.61. The van der Waals surface area contributed by atoms with Crippen LogP contribution in [0.4, 0.5) is 0 Å². The van der Waals surface area contributed by atoms with Crippen LogP contribution in [0.3, 0.4) is 0 Å². The van der Waals surface area contributed by atoms with E-state index in [1.165, 1.54) is 55.6 Å². The van der Waals surface area contributed by atoms with Crippen molar-refractivity contribution in [3.63, 3.8) is 0 Å². The lowest BCUT2D eigenvalue weighted by atomic mass is 9.86. The van der Waals surface area contributed by atoms with Gasteiger partial charge in [0, 0.05) is 18.2 Å². The van der Waals surface area contributed by atoms with Gasteiger partial charge in [-0.25, -0.2) is 0 Å². The molecule has 2 atom stereocenters. The fourth-order valence-corrected chi connectivity index (χ4v) is 4.30. The molecule has 2 heterocycles. The van der Waals surface area contributed by atoms with Crippen LogP contribution in [0, 0.1) is 5.92 Å². The van der Waals surface area contributed by atoms with Crippen LogP contribution in [-0.2, 0) is 17.9 Å². The Morgan fingerprint density at radius 1 is 1.11 bits per heavy atom. The summed E-state index contributed by atoms with van der Waals surface area (Å²) >= 11 is 0. The van der Waals surface area contributed by atoms with Gasteiger partial charge in [0.25, 0.3) is 0 Å². The molecule has 1 aromatic heterocycles. The van der Waals surface area contributed by atoms with E-state index in [2.05, 4.69) is 44.7 Å². The van der Waals surface area contributed by atoms with Crippen LogP contribution < -0.4 is 5.32 Å². The lowest BCUT2D eigenvalue weighted by Crippen LogP contribution is -2.42. The zero-order chi connectivity index (χ0) is 19.3. The first kappa shape index (κ1) is 19.1. The van der Waals surface area contributed by atoms with E-state index in [9.17, 15) is 4.79 Å². The Kier molecular flexibility index (Phi) is 6.00. The number of amides is 1. The summed E-state index contributed by atoms with van der Waals surface area (Å²) in [5, 5.41) is 15.7. The molecule has 1 aromatic carbocycles. The van der Waals surface area contributed by atoms with Crippen molar-refractivity contribution in [3.8, 4) is 11.4 Å². The van der Waals surface area contributed by atoms with Gasteiger partial charge in [-0.2, -0.15) is 4.80 Å². The number of nitrogens with zero attached hydrogens (tertiary/aromatic N) is 5. The average Bonchev–Trinajstić information content (AvgIpc) is 3.36. The monoisotopic (exact) mass is 382 g/mol. The first-order valence-corrected chi connectivity index (χ1v) is 10.6. The van der Waals surface area contributed by atoms with E-state index in [0.717, 1.165) is 18.5 Å². The summed E-state index contributed by atoms with van der Waals surface area (Å²) < 4.78 is 0. The third-order valence-electron chi connectivity index (χ3n) is 6.01. The normalized spacial score (nSPS) is 23.0. The van der Waals surface area contributed by atoms with Crippen LogP contribution in [0.1, 0.15) is 51.0 Å². The van der Waals surface area contributed by atoms with Gasteiger partial charge in [0.15, 0.2) is 0 Å². The number of carbonyl (C=O) groups is 1. The van der Waals surface area contributed by atoms with E-state index in [1.54, 1.807) is 0 Å². The van der Waals surface area contributed by atoms with Crippen molar-refractivity contribution in [1.29, 1.82) is 0 Å². The van der Waals surface area contributed by atoms with Gasteiger partial charge in [-0.3, -0.25) is 9.69 Å². The first-order valence-electron chi connectivity index (χ1n) is 10.6. The van der Waals surface area contributed by atoms with Crippen LogP contribution in [0.15, 0.2) is 24.3 Å². The molecule has 2 aliphatic rings. The molecule has 4 rings (SSSR count). The maximum Gasteiger partial charge on any atom is 0.243 e. The Balaban J connectivity index is 1.32. The van der Waals surface area contributed by atoms with Gasteiger partial charge in [0.2, 0.25) is 11.7 Å². The molecule has 1 amide bonds. The molecular weight excluding hydrogens is 352 g/mol. The van der Waals surface area contributed by atoms with Gasteiger partial charge in [0.05, 0.1) is 0 Å². The predicted molar refractivity (Wildman–Crippen MR) is 107 cm³/mol. The molecule has 7 nitrogen and oxygen atoms in total. The van der Waals surface area contributed by atoms with Crippen molar-refractivity contribution in [2.75, 3.05) is 13.1 Å². The summed E-state index contributed by atoms with van der Waals surface area (Å²) in [7, 11) is 0. The van der Waals surface area contributed by atoms with Crippen LogP contribution in [0.25, 0.3) is 11.4 Å². The SMILES string of the molecule is C[C@@H]1CCCC[C@@H]1NC(=O)Cn1nnc(-c2ccc(CN3CCCC3)cc2)n1. The lowest BCUT2D eigenvalue weighted by Gasteiger charge is -2.29. The van der Waals surface area contributed by atoms with Crippen molar-refractivity contribution in [2.24, 2.45) is 5.92 Å². The summed E-state index contributed by atoms with van der Waals surface area (Å²) in [4.78, 5) is 16.2. The second-order valence-electron chi connectivity index (χ2n) is 8.26. The Bertz CT molecular complexity index is 780. The number of carbonyl (C=O) groups excluding carboxylic acids is 1. The number of aromatic nitrogens is 4. The Morgan fingerprint density at radius 3 is 2.61 bits per heavy atom. The number of benzene rings is 1. The largest absolute Gasteiger partial charge is 0.351 e. The fourth-order valence-electron chi connectivity index (χ4n) is 4.30. The first-order chi connectivity index (χ1) is 13.7. The van der Waals surface area contributed by atoms with Crippen molar-refractivity contribution in [1.82, 2.24) is 30.4 Å². The number of hydrogen-bond acceptors (Lipinski definition) is 5. The molecule has 1 saturated carbocycles. The van der Waals surface area contributed by atoms with Crippen molar-refractivity contribution >= 4 is 5.91 Å². The molecule has 1 saturated heterocycles. The quantitative estimate of drug-likeness (QED) is 0.831. The molecule has 0 spiro atoms. The minimum atomic E-state index is -0.0383. The number of likely N-dealkylation sites (tertiary alicyclic amines) is 1. The van der Waals surface area contributed by atoms with Crippen LogP contribution >= 0.6 is 0 Å². The van der Waals surface area contributed by atoms with E-state index < -0.39 is 0 Å². The average molecular weight is 383 g/mol. The van der Waals surface area contributed by atoms with Gasteiger partial charge in [-0.1, -0.05) is 44.0 Å². The topological polar surface area (TPSA) is 75.9 Å². The minimum absolute atomic E-state index is 0.0383. The number of tetrazole rings is 1. The van der Waals surface area contributed by atoms with Crippen molar-refractivity contribution in [2.45, 2.75) is 64.6 Å². The fraction of sp³-hybridized carbons (Fsp3) is 0.619. The van der Waals surface area contributed by atoms with Gasteiger partial charge in [-0.05, 0) is 55.5 Å². The lowest BCUT2D eigenvalue weighted by molar-refractivity contribution is -0.123. The zero-order valence-electron chi connectivity index (χ0n) is 16.7. The molecule has 0 radical (unpaired) electrons. The molecule has 1 aliphatic carbocycles. The van der Waals surface area contributed by atoms with E-state index in [1.807, 2.05) is 12.1 Å². The molecule has 1 aliphatic heterocycles. The highest BCUT2D eigenvalue weighted by Gasteiger charge is 2.23. The maximum atomic E-state index is 12.3. The standard InChI is InChI=1S/C21H30N6O/c1-16-6-2-3-7-19(16)22-20(28)15-27-24-21(23-25-27)18-10-8-17(9-11-18)14-26-12-4-5-13-26/h8-11,16,19H,2-7,12-15H2,1H3,(H,22,28)/t16-,19+/m1/s1. The highest BCUT2D eigenvalue weighted by atomic mass is 16.2. The smallest absolute Gasteiger partial charge is 0.243 e. The highest BCUT2D eigenvalue weighted by Crippen LogP contribution is 2.23. The van der Waals surface area contributed by atoms with E-state index in [4.69, 9.17) is 0 Å². The minimum Gasteiger partial charge on any atom is -0.351 e. The van der Waals surface area contributed by atoms with Crippen LogP contribution in [-0.4, -0.2) is 50.1 Å². The molecule has 1 N–H and O–H groups in total. The van der Waals surface area contributed by atoms with Gasteiger partial charge in [-0.15, -0.1) is 10.2 Å². The third kappa shape index (κ3) is 4.76. The molecule has 0 unspecified atom stereocenters. The molecule has 150 valence electrons. The number of rotatable bonds is 6. The van der Waals surface area contributed by atoms with E-state index in [-0.39, 0.29) is 18.5 Å². The maximum absolute atomic E-state index is 12.3. The molecule has 2 aromatic rings. The summed E-state index contributed by atoms with van der Waals surface area (Å²) in [5.74, 6) is 1.06. The van der Waals surface area contributed by atoms with E-state index >= 15 is 0 Å². The summed E-state index contributed by atoms with van der Waals surface area (Å²) in [6.45, 7) is 5.71. The van der Waals surface area contributed by atoms with Gasteiger partial charge >= 0.3 is 0 Å². The zero-order valence-corrected chi connectivity index (χ0v) is 16.7. The van der Waals surface area contributed by atoms with Gasteiger partial charge < -0.3 is 5.32 Å². The van der Waals surface area contributed by atoms with Crippen LogP contribution in [0.5, 0.6) is 0 Å². The van der Waals surface area contributed by atoms with Crippen molar-refractivity contribution < 1.29 is 4.79 Å². The third-order valence-corrected chi connectivity index (χ3v) is 6.01. The Labute approximate surface area is 166 Å². The molecule has 7 heteroatoms. The predicted octanol–water partition coefficient (Wildman–Crippen LogP) is 2.63. The molecule has 0 bridgehead atoms. The number of hydrogen-bond donors (Lipinski definition) is 1. The highest BCUT2D eigenvalue weighted by molar-refractivity contribution is 5.75. The summed E-state index contributed by atoms with van der Waals surface area (Å²) in [5.41, 5.74) is 2.23. The Hall–Kier alpha value is -2.28. The number of nitrogens with one attached hydrogen (secondary N) is 1. The second kappa shape index (κ2) is 8.82. The van der Waals surface area contributed by atoms with Crippen molar-refractivity contribution in [3.05, 3.63) is 29.8 Å². The van der Waals surface area contributed by atoms with E-state index in [0.29, 0.717) is 11.7 Å². The molecule has 2 fully saturated rings.